The molecule has 0 fully saturated rings. The maximum absolute atomic E-state index is 14.0. The van der Waals surface area contributed by atoms with E-state index in [0.717, 1.165) is 28.9 Å². The van der Waals surface area contributed by atoms with E-state index in [4.69, 9.17) is 0 Å². The predicted molar refractivity (Wildman–Crippen MR) is 143 cm³/mol. The van der Waals surface area contributed by atoms with Crippen molar-refractivity contribution in [1.82, 2.24) is 15.0 Å². The number of hydrazone groups is 1. The van der Waals surface area contributed by atoms with Crippen molar-refractivity contribution in [1.29, 1.82) is 0 Å². The SMILES string of the molecule is Cc1ccnc(-c2[c-]cc(F)nc2F)c1.Fc1c[c-]c(N2[CH-]N(c3ccccc3)C(c3ccccc3)=N2)c(F)n1.[Ir+3]. The van der Waals surface area contributed by atoms with Crippen LogP contribution in [0.3, 0.4) is 0 Å². The monoisotopic (exact) mass is 732 g/mol. The van der Waals surface area contributed by atoms with Gasteiger partial charge in [0.1, 0.15) is 23.7 Å². The minimum atomic E-state index is -0.970. The molecule has 2 aromatic carbocycles. The van der Waals surface area contributed by atoms with Crippen molar-refractivity contribution in [3.05, 3.63) is 145 Å². The molecule has 0 saturated heterocycles. The number of anilines is 2. The maximum Gasteiger partial charge on any atom is 3.00 e. The quantitative estimate of drug-likeness (QED) is 0.120. The average molecular weight is 732 g/mol. The van der Waals surface area contributed by atoms with Gasteiger partial charge in [-0.2, -0.15) is 11.2 Å². The number of nitrogens with zero attached hydrogens (tertiary/aromatic N) is 6. The van der Waals surface area contributed by atoms with Crippen molar-refractivity contribution in [2.24, 2.45) is 5.10 Å². The Labute approximate surface area is 247 Å². The molecule has 0 unspecified atom stereocenters. The summed E-state index contributed by atoms with van der Waals surface area (Å²) >= 11 is 0. The summed E-state index contributed by atoms with van der Waals surface area (Å²) in [6.07, 6.45) is 1.56. The summed E-state index contributed by atoms with van der Waals surface area (Å²) in [6, 6.07) is 29.5. The second-order valence-corrected chi connectivity index (χ2v) is 8.43. The summed E-state index contributed by atoms with van der Waals surface area (Å²) in [5.74, 6) is -3.06. The third-order valence-corrected chi connectivity index (χ3v) is 5.60. The molecule has 0 amide bonds. The zero-order chi connectivity index (χ0) is 28.1. The molecule has 0 saturated carbocycles. The van der Waals surface area contributed by atoms with Crippen LogP contribution in [0.2, 0.25) is 0 Å². The van der Waals surface area contributed by atoms with Crippen LogP contribution < -0.4 is 9.91 Å². The Morgan fingerprint density at radius 2 is 1.41 bits per heavy atom. The van der Waals surface area contributed by atoms with Gasteiger partial charge in [-0.25, -0.2) is 8.78 Å². The molecule has 0 atom stereocenters. The number of hydrogen-bond acceptors (Lipinski definition) is 6. The maximum atomic E-state index is 14.0. The molecule has 206 valence electrons. The minimum Gasteiger partial charge on any atom is -0.456 e. The molecule has 0 spiro atoms. The first-order valence-corrected chi connectivity index (χ1v) is 11.9. The number of benzene rings is 2. The Morgan fingerprint density at radius 1 is 0.780 bits per heavy atom. The Kier molecular flexibility index (Phi) is 9.54. The van der Waals surface area contributed by atoms with Crippen LogP contribution in [0.15, 0.2) is 96.2 Å². The van der Waals surface area contributed by atoms with Gasteiger partial charge in [-0.1, -0.05) is 71.8 Å². The van der Waals surface area contributed by atoms with Crippen LogP contribution in [0.25, 0.3) is 11.3 Å². The van der Waals surface area contributed by atoms with E-state index >= 15 is 0 Å². The van der Waals surface area contributed by atoms with Gasteiger partial charge in [0.25, 0.3) is 0 Å². The summed E-state index contributed by atoms with van der Waals surface area (Å²) in [5.41, 5.74) is 3.11. The molecular weight excluding hydrogens is 713 g/mol. The van der Waals surface area contributed by atoms with Crippen LogP contribution >= 0.6 is 0 Å². The van der Waals surface area contributed by atoms with Gasteiger partial charge in [-0.05, 0) is 36.5 Å². The Bertz CT molecular complexity index is 1650. The molecule has 3 aromatic heterocycles. The van der Waals surface area contributed by atoms with Crippen molar-refractivity contribution < 1.29 is 37.7 Å². The number of para-hydroxylation sites is 1. The second kappa shape index (κ2) is 13.3. The Balaban J connectivity index is 0.000000208. The van der Waals surface area contributed by atoms with Gasteiger partial charge in [0, 0.05) is 17.4 Å². The second-order valence-electron chi connectivity index (χ2n) is 8.43. The molecule has 4 heterocycles. The van der Waals surface area contributed by atoms with Crippen LogP contribution in [0.1, 0.15) is 11.1 Å². The zero-order valence-corrected chi connectivity index (χ0v) is 23.7. The predicted octanol–water partition coefficient (Wildman–Crippen LogP) is 6.50. The minimum absolute atomic E-state index is 0. The summed E-state index contributed by atoms with van der Waals surface area (Å²) in [5, 5.41) is 5.77. The summed E-state index contributed by atoms with van der Waals surface area (Å²) in [4.78, 5) is 12.1. The first-order valence-electron chi connectivity index (χ1n) is 11.9. The molecule has 6 nitrogen and oxygen atoms in total. The van der Waals surface area contributed by atoms with Crippen LogP contribution in [0.4, 0.5) is 28.9 Å². The van der Waals surface area contributed by atoms with Crippen molar-refractivity contribution in [3.63, 3.8) is 0 Å². The van der Waals surface area contributed by atoms with Crippen molar-refractivity contribution in [3.8, 4) is 11.3 Å². The van der Waals surface area contributed by atoms with Gasteiger partial charge in [0.2, 0.25) is 0 Å². The zero-order valence-electron chi connectivity index (χ0n) is 21.3. The van der Waals surface area contributed by atoms with Crippen molar-refractivity contribution in [2.75, 3.05) is 9.91 Å². The van der Waals surface area contributed by atoms with Crippen molar-refractivity contribution >= 4 is 17.2 Å². The molecule has 0 radical (unpaired) electrons. The van der Waals surface area contributed by atoms with E-state index < -0.39 is 23.8 Å². The third kappa shape index (κ3) is 7.00. The first kappa shape index (κ1) is 29.5. The molecular formula is C30H19F4IrN6. The fourth-order valence-corrected chi connectivity index (χ4v) is 3.76. The summed E-state index contributed by atoms with van der Waals surface area (Å²) in [6.45, 7) is 3.48. The molecule has 11 heteroatoms. The van der Waals surface area contributed by atoms with Gasteiger partial charge < -0.3 is 19.9 Å². The number of pyridine rings is 3. The van der Waals surface area contributed by atoms with E-state index in [1.165, 1.54) is 5.01 Å². The average Bonchev–Trinajstić information content (AvgIpc) is 3.40. The van der Waals surface area contributed by atoms with E-state index in [0.29, 0.717) is 11.5 Å². The van der Waals surface area contributed by atoms with Crippen LogP contribution in [-0.4, -0.2) is 20.8 Å². The molecule has 0 N–H and O–H groups in total. The van der Waals surface area contributed by atoms with Crippen LogP contribution in [0.5, 0.6) is 0 Å². The van der Waals surface area contributed by atoms with E-state index in [1.54, 1.807) is 25.0 Å². The van der Waals surface area contributed by atoms with E-state index in [-0.39, 0.29) is 31.4 Å². The van der Waals surface area contributed by atoms with E-state index in [1.807, 2.05) is 72.5 Å². The fourth-order valence-electron chi connectivity index (χ4n) is 3.76. The normalized spacial score (nSPS) is 12.3. The van der Waals surface area contributed by atoms with E-state index in [2.05, 4.69) is 32.2 Å². The van der Waals surface area contributed by atoms with Crippen LogP contribution in [0, 0.1) is 49.5 Å². The smallest absolute Gasteiger partial charge is 0.456 e. The Hall–Kier alpha value is -4.47. The van der Waals surface area contributed by atoms with E-state index in [9.17, 15) is 17.6 Å². The molecule has 0 aliphatic carbocycles. The summed E-state index contributed by atoms with van der Waals surface area (Å²) in [7, 11) is 0. The molecule has 41 heavy (non-hydrogen) atoms. The van der Waals surface area contributed by atoms with Crippen molar-refractivity contribution in [2.45, 2.75) is 6.92 Å². The van der Waals surface area contributed by atoms with Gasteiger partial charge in [-0.15, -0.1) is 18.8 Å². The number of halogens is 4. The number of rotatable bonds is 4. The van der Waals surface area contributed by atoms with Gasteiger partial charge >= 0.3 is 20.1 Å². The standard InChI is InChI=1S/C19H12F2N4.C11H7F2N2.Ir/c20-17-12-11-16(18(21)22-17)25-13-24(15-9-5-2-6-10-15)19(23-25)14-7-3-1-4-8-14;1-7-4-5-14-9(6-7)8-2-3-10(12)15-11(8)13;/h1-10,12-13H;3-6H,1H3;/q-2;-1;+3. The van der Waals surface area contributed by atoms with Gasteiger partial charge in [0.15, 0.2) is 0 Å². The molecule has 0 bridgehead atoms. The molecule has 5 aromatic rings. The largest absolute Gasteiger partial charge is 3.00 e. The third-order valence-electron chi connectivity index (χ3n) is 5.60. The number of aromatic nitrogens is 3. The molecule has 1 aliphatic rings. The number of aryl methyl sites for hydroxylation is 1. The first-order chi connectivity index (χ1) is 19.4. The van der Waals surface area contributed by atoms with Gasteiger partial charge in [-0.3, -0.25) is 13.8 Å². The topological polar surface area (TPSA) is 57.5 Å². The number of hydrogen-bond donors (Lipinski definition) is 0. The fraction of sp³-hybridized carbons (Fsp3) is 0.0333. The number of amidine groups is 1. The summed E-state index contributed by atoms with van der Waals surface area (Å²) < 4.78 is 52.9. The Morgan fingerprint density at radius 3 is 2.05 bits per heavy atom. The van der Waals surface area contributed by atoms with Gasteiger partial charge in [0.05, 0.1) is 5.95 Å². The van der Waals surface area contributed by atoms with Crippen LogP contribution in [-0.2, 0) is 20.1 Å². The molecule has 1 aliphatic heterocycles. The molecule has 6 rings (SSSR count).